The van der Waals surface area contributed by atoms with E-state index < -0.39 is 0 Å². The maximum atomic E-state index is 10.8. The van der Waals surface area contributed by atoms with Crippen molar-refractivity contribution < 1.29 is 4.79 Å². The molecule has 0 aromatic carbocycles. The molecule has 0 bridgehead atoms. The molecule has 0 radical (unpaired) electrons. The van der Waals surface area contributed by atoms with Gasteiger partial charge >= 0.3 is 0 Å². The number of carbonyl (C=O) groups is 1. The maximum Gasteiger partial charge on any atom is 0.157 e. The van der Waals surface area contributed by atoms with Crippen LogP contribution in [0.15, 0.2) is 23.4 Å². The van der Waals surface area contributed by atoms with Crippen LogP contribution in [0.1, 0.15) is 26.7 Å². The summed E-state index contributed by atoms with van der Waals surface area (Å²) < 4.78 is 0. The summed E-state index contributed by atoms with van der Waals surface area (Å²) in [7, 11) is 0. The molecule has 0 unspecified atom stereocenters. The van der Waals surface area contributed by atoms with Crippen molar-refractivity contribution in [2.45, 2.75) is 26.7 Å². The Morgan fingerprint density at radius 3 is 2.83 bits per heavy atom. The van der Waals surface area contributed by atoms with E-state index in [1.54, 1.807) is 6.08 Å². The van der Waals surface area contributed by atoms with Gasteiger partial charge in [0.15, 0.2) is 5.78 Å². The number of hydrogen-bond acceptors (Lipinski definition) is 2. The van der Waals surface area contributed by atoms with E-state index in [1.807, 2.05) is 0 Å². The van der Waals surface area contributed by atoms with Crippen molar-refractivity contribution >= 4 is 5.78 Å². The van der Waals surface area contributed by atoms with E-state index in [-0.39, 0.29) is 5.78 Å². The average Bonchev–Trinajstić information content (AvgIpc) is 2.35. The second-order valence-electron chi connectivity index (χ2n) is 3.30. The fourth-order valence-electron chi connectivity index (χ4n) is 1.12. The molecule has 12 heavy (non-hydrogen) atoms. The van der Waals surface area contributed by atoms with E-state index in [2.05, 4.69) is 25.2 Å². The fourth-order valence-corrected chi connectivity index (χ4v) is 1.12. The van der Waals surface area contributed by atoms with Gasteiger partial charge in [-0.15, -0.1) is 0 Å². The van der Waals surface area contributed by atoms with Crippen LogP contribution >= 0.6 is 0 Å². The smallest absolute Gasteiger partial charge is 0.157 e. The molecular weight excluding hydrogens is 150 g/mol. The van der Waals surface area contributed by atoms with Crippen LogP contribution in [-0.4, -0.2) is 12.3 Å². The van der Waals surface area contributed by atoms with Gasteiger partial charge in [-0.25, -0.2) is 0 Å². The van der Waals surface area contributed by atoms with Gasteiger partial charge in [-0.05, 0) is 20.3 Å². The van der Waals surface area contributed by atoms with Crippen LogP contribution in [0.2, 0.25) is 0 Å². The number of allylic oxidation sites excluding steroid dienone is 3. The number of nitrogens with one attached hydrogen (secondary N) is 1. The number of hydrogen-bond donors (Lipinski definition) is 1. The molecule has 1 N–H and O–H groups in total. The van der Waals surface area contributed by atoms with Gasteiger partial charge in [0.25, 0.3) is 0 Å². The molecule has 1 aliphatic rings. The number of ketones is 1. The van der Waals surface area contributed by atoms with Crippen molar-refractivity contribution in [2.75, 3.05) is 6.54 Å². The van der Waals surface area contributed by atoms with Crippen molar-refractivity contribution in [3.63, 3.8) is 0 Å². The second-order valence-corrected chi connectivity index (χ2v) is 3.30. The quantitative estimate of drug-likeness (QED) is 0.646. The molecule has 2 heteroatoms. The normalized spacial score (nSPS) is 15.8. The maximum absolute atomic E-state index is 10.8. The minimum Gasteiger partial charge on any atom is -0.385 e. The van der Waals surface area contributed by atoms with Gasteiger partial charge in [-0.1, -0.05) is 11.6 Å². The van der Waals surface area contributed by atoms with Gasteiger partial charge in [0.05, 0.1) is 0 Å². The predicted molar refractivity (Wildman–Crippen MR) is 49.8 cm³/mol. The topological polar surface area (TPSA) is 29.1 Å². The minimum atomic E-state index is 0.245. The molecule has 0 aromatic heterocycles. The van der Waals surface area contributed by atoms with Crippen molar-refractivity contribution in [3.8, 4) is 0 Å². The van der Waals surface area contributed by atoms with E-state index >= 15 is 0 Å². The number of carbonyl (C=O) groups excluding carboxylic acids is 1. The van der Waals surface area contributed by atoms with E-state index in [0.717, 1.165) is 18.7 Å². The first-order valence-electron chi connectivity index (χ1n) is 4.29. The van der Waals surface area contributed by atoms with Crippen molar-refractivity contribution in [1.29, 1.82) is 0 Å². The Hall–Kier alpha value is -1.05. The molecule has 2 nitrogen and oxygen atoms in total. The largest absolute Gasteiger partial charge is 0.385 e. The highest BCUT2D eigenvalue weighted by atomic mass is 16.1. The molecule has 0 saturated carbocycles. The molecule has 0 spiro atoms. The highest BCUT2D eigenvalue weighted by molar-refractivity contribution is 5.92. The van der Waals surface area contributed by atoms with Crippen LogP contribution in [0.3, 0.4) is 0 Å². The van der Waals surface area contributed by atoms with Gasteiger partial charge in [-0.2, -0.15) is 0 Å². The van der Waals surface area contributed by atoms with Gasteiger partial charge in [0.2, 0.25) is 0 Å². The molecule has 0 atom stereocenters. The summed E-state index contributed by atoms with van der Waals surface area (Å²) in [5, 5.41) is 3.21. The third-order valence-electron chi connectivity index (χ3n) is 1.82. The van der Waals surface area contributed by atoms with Crippen molar-refractivity contribution in [2.24, 2.45) is 0 Å². The van der Waals surface area contributed by atoms with Gasteiger partial charge < -0.3 is 5.32 Å². The van der Waals surface area contributed by atoms with Gasteiger partial charge in [0, 0.05) is 24.7 Å². The molecule has 1 rings (SSSR count). The molecule has 0 heterocycles. The summed E-state index contributed by atoms with van der Waals surface area (Å²) in [4.78, 5) is 10.8. The fraction of sp³-hybridized carbons (Fsp3) is 0.500. The highest BCUT2D eigenvalue weighted by Crippen LogP contribution is 2.11. The molecule has 0 amide bonds. The zero-order valence-corrected chi connectivity index (χ0v) is 7.68. The highest BCUT2D eigenvalue weighted by Gasteiger charge is 2.09. The number of rotatable bonds is 3. The first-order chi connectivity index (χ1) is 5.68. The van der Waals surface area contributed by atoms with Gasteiger partial charge in [-0.3, -0.25) is 4.79 Å². The third kappa shape index (κ3) is 2.91. The van der Waals surface area contributed by atoms with Crippen molar-refractivity contribution in [1.82, 2.24) is 5.32 Å². The lowest BCUT2D eigenvalue weighted by atomic mass is 10.3. The average molecular weight is 165 g/mol. The van der Waals surface area contributed by atoms with Crippen LogP contribution in [0.25, 0.3) is 0 Å². The van der Waals surface area contributed by atoms with Crippen LogP contribution in [-0.2, 0) is 4.79 Å². The summed E-state index contributed by atoms with van der Waals surface area (Å²) in [5.74, 6) is 0.245. The second kappa shape index (κ2) is 4.10. The molecule has 0 aromatic rings. The minimum absolute atomic E-state index is 0.245. The summed E-state index contributed by atoms with van der Waals surface area (Å²) in [6.07, 6.45) is 5.38. The Balaban J connectivity index is 2.29. The monoisotopic (exact) mass is 165 g/mol. The standard InChI is InChI=1S/C10H15NO/c1-8(2)5-6-11-9-3-4-10(12)7-9/h5,7,11H,3-4,6H2,1-2H3. The van der Waals surface area contributed by atoms with Crippen LogP contribution < -0.4 is 5.32 Å². The van der Waals surface area contributed by atoms with E-state index in [4.69, 9.17) is 0 Å². The van der Waals surface area contributed by atoms with Gasteiger partial charge in [0.1, 0.15) is 0 Å². The Bertz CT molecular complexity index is 234. The molecular formula is C10H15NO. The van der Waals surface area contributed by atoms with Crippen LogP contribution in [0, 0.1) is 0 Å². The van der Waals surface area contributed by atoms with E-state index in [9.17, 15) is 4.79 Å². The summed E-state index contributed by atoms with van der Waals surface area (Å²) in [5.41, 5.74) is 2.38. The summed E-state index contributed by atoms with van der Waals surface area (Å²) in [6.45, 7) is 4.97. The molecule has 66 valence electrons. The molecule has 1 aliphatic carbocycles. The van der Waals surface area contributed by atoms with Crippen molar-refractivity contribution in [3.05, 3.63) is 23.4 Å². The predicted octanol–water partition coefficient (Wildman–Crippen LogP) is 1.79. The van der Waals surface area contributed by atoms with E-state index in [0.29, 0.717) is 6.42 Å². The third-order valence-corrected chi connectivity index (χ3v) is 1.82. The Labute approximate surface area is 73.4 Å². The zero-order chi connectivity index (χ0) is 8.97. The first-order valence-corrected chi connectivity index (χ1v) is 4.29. The summed E-state index contributed by atoms with van der Waals surface area (Å²) in [6, 6.07) is 0. The Morgan fingerprint density at radius 1 is 1.58 bits per heavy atom. The lowest BCUT2D eigenvalue weighted by molar-refractivity contribution is -0.114. The first kappa shape index (κ1) is 9.04. The molecule has 0 saturated heterocycles. The summed E-state index contributed by atoms with van der Waals surface area (Å²) >= 11 is 0. The zero-order valence-electron chi connectivity index (χ0n) is 7.68. The van der Waals surface area contributed by atoms with Crippen LogP contribution in [0.4, 0.5) is 0 Å². The molecule has 0 fully saturated rings. The Morgan fingerprint density at radius 2 is 2.33 bits per heavy atom. The lowest BCUT2D eigenvalue weighted by Crippen LogP contribution is -2.11. The Kier molecular flexibility index (Phi) is 3.09. The lowest BCUT2D eigenvalue weighted by Gasteiger charge is -2.02. The van der Waals surface area contributed by atoms with E-state index in [1.165, 1.54) is 5.57 Å². The SMILES string of the molecule is CC(C)=CCNC1=CC(=O)CC1. The van der Waals surface area contributed by atoms with Crippen LogP contribution in [0.5, 0.6) is 0 Å². The molecule has 0 aliphatic heterocycles.